The van der Waals surface area contributed by atoms with Gasteiger partial charge in [-0.15, -0.1) is 0 Å². The number of ether oxygens (including phenoxy) is 2. The van der Waals surface area contributed by atoms with E-state index in [4.69, 9.17) is 9.47 Å². The van der Waals surface area contributed by atoms with Crippen LogP contribution in [0, 0.1) is 0 Å². The highest BCUT2D eigenvalue weighted by molar-refractivity contribution is 7.77. The van der Waals surface area contributed by atoms with Gasteiger partial charge in [-0.3, -0.25) is 4.57 Å². The van der Waals surface area contributed by atoms with E-state index >= 15 is 0 Å². The molecule has 0 saturated carbocycles. The molecule has 4 rings (SSSR count). The molecule has 1 heterocycles. The fourth-order valence-corrected chi connectivity index (χ4v) is 4.90. The van der Waals surface area contributed by atoms with Crippen LogP contribution in [-0.2, 0) is 11.0 Å². The lowest BCUT2D eigenvalue weighted by molar-refractivity contribution is 0.174. The zero-order chi connectivity index (χ0) is 17.8. The number of hydrogen-bond donors (Lipinski definition) is 0. The first-order valence-corrected chi connectivity index (χ1v) is 10.1. The SMILES string of the molecule is O=P(/N=C/Cc1ccc2c(c1)OCO2)(c1ccccc1)c1ccccc1. The van der Waals surface area contributed by atoms with Gasteiger partial charge in [-0.25, -0.2) is 4.76 Å². The van der Waals surface area contributed by atoms with E-state index < -0.39 is 7.29 Å². The first kappa shape index (κ1) is 16.6. The topological polar surface area (TPSA) is 47.9 Å². The van der Waals surface area contributed by atoms with Crippen LogP contribution in [-0.4, -0.2) is 13.0 Å². The van der Waals surface area contributed by atoms with Gasteiger partial charge < -0.3 is 9.47 Å². The second kappa shape index (κ2) is 7.19. The molecule has 26 heavy (non-hydrogen) atoms. The molecule has 130 valence electrons. The molecule has 0 fully saturated rings. The van der Waals surface area contributed by atoms with E-state index in [2.05, 4.69) is 4.76 Å². The van der Waals surface area contributed by atoms with Gasteiger partial charge in [0.25, 0.3) is 0 Å². The Morgan fingerprint density at radius 3 is 2.12 bits per heavy atom. The summed E-state index contributed by atoms with van der Waals surface area (Å²) in [7, 11) is -3.06. The molecule has 5 heteroatoms. The lowest BCUT2D eigenvalue weighted by atomic mass is 10.1. The normalized spacial score (nSPS) is 13.2. The largest absolute Gasteiger partial charge is 0.454 e. The molecule has 0 atom stereocenters. The van der Waals surface area contributed by atoms with E-state index in [1.54, 1.807) is 6.21 Å². The third kappa shape index (κ3) is 3.29. The van der Waals surface area contributed by atoms with Crippen molar-refractivity contribution in [3.63, 3.8) is 0 Å². The number of rotatable bonds is 5. The van der Waals surface area contributed by atoms with Gasteiger partial charge in [0.1, 0.15) is 0 Å². The van der Waals surface area contributed by atoms with Gasteiger partial charge in [0.2, 0.25) is 14.1 Å². The van der Waals surface area contributed by atoms with Crippen molar-refractivity contribution in [1.29, 1.82) is 0 Å². The van der Waals surface area contributed by atoms with Gasteiger partial charge in [-0.2, -0.15) is 0 Å². The van der Waals surface area contributed by atoms with Gasteiger partial charge in [0.15, 0.2) is 11.5 Å². The Kier molecular flexibility index (Phi) is 4.59. The second-order valence-corrected chi connectivity index (χ2v) is 8.35. The summed E-state index contributed by atoms with van der Waals surface area (Å²) in [5.74, 6) is 1.50. The van der Waals surface area contributed by atoms with Crippen LogP contribution in [0.2, 0.25) is 0 Å². The van der Waals surface area contributed by atoms with Gasteiger partial charge in [0.05, 0.1) is 0 Å². The summed E-state index contributed by atoms with van der Waals surface area (Å²) in [5, 5.41) is 1.46. The summed E-state index contributed by atoms with van der Waals surface area (Å²) in [4.78, 5) is 0. The smallest absolute Gasteiger partial charge is 0.247 e. The van der Waals surface area contributed by atoms with Crippen molar-refractivity contribution in [2.24, 2.45) is 4.76 Å². The quantitative estimate of drug-likeness (QED) is 0.509. The van der Waals surface area contributed by atoms with Crippen molar-refractivity contribution in [1.82, 2.24) is 0 Å². The van der Waals surface area contributed by atoms with E-state index in [1.165, 1.54) is 0 Å². The first-order chi connectivity index (χ1) is 12.8. The molecule has 3 aromatic rings. The van der Waals surface area contributed by atoms with Gasteiger partial charge in [-0.1, -0.05) is 42.5 Å². The number of benzene rings is 3. The maximum Gasteiger partial charge on any atom is 0.247 e. The molecule has 0 spiro atoms. The van der Waals surface area contributed by atoms with Crippen molar-refractivity contribution in [3.8, 4) is 11.5 Å². The van der Waals surface area contributed by atoms with Gasteiger partial charge >= 0.3 is 0 Å². The van der Waals surface area contributed by atoms with E-state index in [-0.39, 0.29) is 6.79 Å². The average molecular weight is 363 g/mol. The molecule has 0 aliphatic carbocycles. The predicted molar refractivity (Wildman–Crippen MR) is 105 cm³/mol. The maximum absolute atomic E-state index is 13.8. The zero-order valence-electron chi connectivity index (χ0n) is 14.1. The minimum absolute atomic E-state index is 0.254. The molecule has 0 bridgehead atoms. The molecule has 3 aromatic carbocycles. The van der Waals surface area contributed by atoms with Gasteiger partial charge in [0, 0.05) is 23.2 Å². The lowest BCUT2D eigenvalue weighted by Crippen LogP contribution is -2.14. The molecular formula is C21H18NO3P. The highest BCUT2D eigenvalue weighted by atomic mass is 31.2. The van der Waals surface area contributed by atoms with Crippen LogP contribution in [0.1, 0.15) is 5.56 Å². The Labute approximate surface area is 152 Å². The van der Waals surface area contributed by atoms with Crippen molar-refractivity contribution in [2.75, 3.05) is 6.79 Å². The van der Waals surface area contributed by atoms with Crippen LogP contribution in [0.3, 0.4) is 0 Å². The van der Waals surface area contributed by atoms with Gasteiger partial charge in [-0.05, 0) is 42.0 Å². The Balaban J connectivity index is 1.63. The average Bonchev–Trinajstić information content (AvgIpc) is 3.17. The van der Waals surface area contributed by atoms with Crippen LogP contribution >= 0.6 is 7.29 Å². The lowest BCUT2D eigenvalue weighted by Gasteiger charge is -2.14. The van der Waals surface area contributed by atoms with Crippen LogP contribution in [0.4, 0.5) is 0 Å². The molecule has 1 aliphatic rings. The molecule has 0 unspecified atom stereocenters. The highest BCUT2D eigenvalue weighted by Crippen LogP contribution is 2.44. The molecule has 0 saturated heterocycles. The van der Waals surface area contributed by atoms with Crippen molar-refractivity contribution in [2.45, 2.75) is 6.42 Å². The van der Waals surface area contributed by atoms with Crippen LogP contribution < -0.4 is 20.1 Å². The van der Waals surface area contributed by atoms with Crippen molar-refractivity contribution >= 4 is 24.1 Å². The summed E-state index contributed by atoms with van der Waals surface area (Å²) in [5.41, 5.74) is 1.03. The third-order valence-electron chi connectivity index (χ3n) is 4.22. The summed E-state index contributed by atoms with van der Waals surface area (Å²) in [6.45, 7) is 0.254. The number of hydrogen-bond acceptors (Lipinski definition) is 3. The van der Waals surface area contributed by atoms with E-state index in [9.17, 15) is 4.57 Å². The fourth-order valence-electron chi connectivity index (χ4n) is 2.87. The summed E-state index contributed by atoms with van der Waals surface area (Å²) in [6.07, 6.45) is 2.30. The Bertz CT molecular complexity index is 928. The molecule has 4 nitrogen and oxygen atoms in total. The minimum Gasteiger partial charge on any atom is -0.454 e. The van der Waals surface area contributed by atoms with E-state index in [0.717, 1.165) is 27.7 Å². The number of fused-ring (bicyclic) bond motifs is 1. The monoisotopic (exact) mass is 363 g/mol. The van der Waals surface area contributed by atoms with Crippen LogP contribution in [0.25, 0.3) is 0 Å². The fraction of sp³-hybridized carbons (Fsp3) is 0.0952. The molecular weight excluding hydrogens is 345 g/mol. The Hall–Kier alpha value is -2.84. The zero-order valence-corrected chi connectivity index (χ0v) is 15.0. The van der Waals surface area contributed by atoms with E-state index in [0.29, 0.717) is 6.42 Å². The third-order valence-corrected chi connectivity index (χ3v) is 6.71. The Morgan fingerprint density at radius 1 is 0.846 bits per heavy atom. The second-order valence-electron chi connectivity index (χ2n) is 5.94. The Morgan fingerprint density at radius 2 is 1.46 bits per heavy atom. The minimum atomic E-state index is -3.06. The maximum atomic E-state index is 13.8. The molecule has 0 N–H and O–H groups in total. The molecule has 0 aromatic heterocycles. The van der Waals surface area contributed by atoms with Crippen molar-refractivity contribution in [3.05, 3.63) is 84.4 Å². The highest BCUT2D eigenvalue weighted by Gasteiger charge is 2.25. The summed E-state index contributed by atoms with van der Waals surface area (Å²) < 4.78 is 29.0. The molecule has 1 aliphatic heterocycles. The van der Waals surface area contributed by atoms with E-state index in [1.807, 2.05) is 78.9 Å². The summed E-state index contributed by atoms with van der Waals surface area (Å²) in [6, 6.07) is 24.6. The number of nitrogens with zero attached hydrogens (tertiary/aromatic N) is 1. The van der Waals surface area contributed by atoms with Crippen LogP contribution in [0.15, 0.2) is 83.6 Å². The molecule has 0 amide bonds. The first-order valence-electron chi connectivity index (χ1n) is 8.39. The standard InChI is InChI=1S/C21H18NO3P/c23-26(18-7-3-1-4-8-18,19-9-5-2-6-10-19)22-14-13-17-11-12-20-21(15-17)25-16-24-20/h1-12,14-15H,13,16H2/b22-14+. The molecule has 0 radical (unpaired) electrons. The summed E-state index contributed by atoms with van der Waals surface area (Å²) >= 11 is 0. The predicted octanol–water partition coefficient (Wildman–Crippen LogP) is 3.96. The van der Waals surface area contributed by atoms with Crippen LogP contribution in [0.5, 0.6) is 11.5 Å². The van der Waals surface area contributed by atoms with Crippen molar-refractivity contribution < 1.29 is 14.0 Å².